The van der Waals surface area contributed by atoms with Crippen LogP contribution in [0.3, 0.4) is 0 Å². The Hall–Kier alpha value is -1.88. The number of anilines is 1. The van der Waals surface area contributed by atoms with Crippen molar-refractivity contribution in [3.05, 3.63) is 35.0 Å². The van der Waals surface area contributed by atoms with Gasteiger partial charge in [-0.2, -0.15) is 0 Å². The molecule has 0 aromatic carbocycles. The molecule has 0 spiro atoms. The van der Waals surface area contributed by atoms with Crippen LogP contribution in [0.1, 0.15) is 20.8 Å². The second-order valence-electron chi connectivity index (χ2n) is 4.15. The van der Waals surface area contributed by atoms with Crippen molar-refractivity contribution in [2.75, 3.05) is 5.32 Å². The molecule has 0 unspecified atom stereocenters. The van der Waals surface area contributed by atoms with E-state index >= 15 is 0 Å². The van der Waals surface area contributed by atoms with Crippen molar-refractivity contribution < 1.29 is 14.3 Å². The second-order valence-corrected chi connectivity index (χ2v) is 4.59. The van der Waals surface area contributed by atoms with E-state index in [4.69, 9.17) is 16.3 Å². The van der Waals surface area contributed by atoms with Gasteiger partial charge in [-0.25, -0.2) is 9.78 Å². The minimum Gasteiger partial charge on any atom is -0.449 e. The molecule has 1 atom stereocenters. The molecule has 5 nitrogen and oxygen atoms in total. The van der Waals surface area contributed by atoms with Gasteiger partial charge in [0.1, 0.15) is 5.82 Å². The summed E-state index contributed by atoms with van der Waals surface area (Å²) in [6, 6.07) is 3.16. The lowest BCUT2D eigenvalue weighted by Crippen LogP contribution is -2.29. The van der Waals surface area contributed by atoms with Crippen LogP contribution in [0.4, 0.5) is 5.82 Å². The van der Waals surface area contributed by atoms with E-state index in [2.05, 4.69) is 10.3 Å². The van der Waals surface area contributed by atoms with E-state index in [1.807, 2.05) is 0 Å². The van der Waals surface area contributed by atoms with Crippen LogP contribution in [0.25, 0.3) is 0 Å². The number of rotatable bonds is 4. The van der Waals surface area contributed by atoms with E-state index in [1.165, 1.54) is 19.2 Å². The summed E-state index contributed by atoms with van der Waals surface area (Å²) in [6.07, 6.45) is 1.84. The zero-order chi connectivity index (χ0) is 14.4. The number of nitrogens with zero attached hydrogens (tertiary/aromatic N) is 1. The lowest BCUT2D eigenvalue weighted by atomic mass is 10.3. The third-order valence-corrected chi connectivity index (χ3v) is 2.27. The van der Waals surface area contributed by atoms with Crippen molar-refractivity contribution in [2.24, 2.45) is 0 Å². The standard InChI is InChI=1S/C13H15ClN2O3/c1-8(2)6-12(17)19-9(3)13(18)16-11-5-4-10(14)7-15-11/h4-7,9H,1-3H3,(H,15,16,18)/t9-/m0/s1. The first-order valence-corrected chi connectivity index (χ1v) is 6.04. The molecule has 1 N–H and O–H groups in total. The predicted molar refractivity (Wildman–Crippen MR) is 72.9 cm³/mol. The Morgan fingerprint density at radius 1 is 1.42 bits per heavy atom. The van der Waals surface area contributed by atoms with Gasteiger partial charge in [-0.15, -0.1) is 0 Å². The fourth-order valence-electron chi connectivity index (χ4n) is 1.18. The minimum absolute atomic E-state index is 0.347. The number of hydrogen-bond donors (Lipinski definition) is 1. The van der Waals surface area contributed by atoms with Gasteiger partial charge in [0.2, 0.25) is 0 Å². The van der Waals surface area contributed by atoms with Crippen LogP contribution in [0.15, 0.2) is 30.0 Å². The van der Waals surface area contributed by atoms with Gasteiger partial charge in [0.05, 0.1) is 5.02 Å². The van der Waals surface area contributed by atoms with Crippen molar-refractivity contribution in [3.63, 3.8) is 0 Å². The molecule has 0 bridgehead atoms. The maximum atomic E-state index is 11.7. The monoisotopic (exact) mass is 282 g/mol. The molecule has 1 amide bonds. The summed E-state index contributed by atoms with van der Waals surface area (Å²) in [4.78, 5) is 27.0. The molecule has 0 saturated heterocycles. The Bertz CT molecular complexity index is 493. The van der Waals surface area contributed by atoms with Crippen molar-refractivity contribution in [1.29, 1.82) is 0 Å². The van der Waals surface area contributed by atoms with Crippen LogP contribution in [0, 0.1) is 0 Å². The first kappa shape index (κ1) is 15.2. The Balaban J connectivity index is 2.56. The van der Waals surface area contributed by atoms with Gasteiger partial charge in [0, 0.05) is 12.3 Å². The summed E-state index contributed by atoms with van der Waals surface area (Å²) in [6.45, 7) is 5.02. The SMILES string of the molecule is CC(C)=CC(=O)O[C@@H](C)C(=O)Nc1ccc(Cl)cn1. The van der Waals surface area contributed by atoms with Crippen molar-refractivity contribution >= 4 is 29.3 Å². The molecular formula is C13H15ClN2O3. The fourth-order valence-corrected chi connectivity index (χ4v) is 1.29. The third-order valence-electron chi connectivity index (χ3n) is 2.05. The van der Waals surface area contributed by atoms with Crippen LogP contribution in [-0.4, -0.2) is 23.0 Å². The molecule has 6 heteroatoms. The van der Waals surface area contributed by atoms with Crippen molar-refractivity contribution in [3.8, 4) is 0 Å². The number of amides is 1. The first-order chi connectivity index (χ1) is 8.88. The average molecular weight is 283 g/mol. The van der Waals surface area contributed by atoms with E-state index in [0.717, 1.165) is 5.57 Å². The highest BCUT2D eigenvalue weighted by Gasteiger charge is 2.17. The Morgan fingerprint density at radius 3 is 2.63 bits per heavy atom. The van der Waals surface area contributed by atoms with Crippen LogP contribution in [0.2, 0.25) is 5.02 Å². The van der Waals surface area contributed by atoms with Gasteiger partial charge >= 0.3 is 5.97 Å². The number of carbonyl (C=O) groups excluding carboxylic acids is 2. The molecule has 0 aliphatic heterocycles. The van der Waals surface area contributed by atoms with Crippen LogP contribution in [0.5, 0.6) is 0 Å². The number of ether oxygens (including phenoxy) is 1. The number of halogens is 1. The smallest absolute Gasteiger partial charge is 0.331 e. The Kier molecular flexibility index (Phi) is 5.51. The molecule has 1 rings (SSSR count). The van der Waals surface area contributed by atoms with Crippen LogP contribution < -0.4 is 5.32 Å². The minimum atomic E-state index is -0.902. The molecule has 102 valence electrons. The molecule has 19 heavy (non-hydrogen) atoms. The van der Waals surface area contributed by atoms with Crippen LogP contribution in [-0.2, 0) is 14.3 Å². The number of carbonyl (C=O) groups is 2. The maximum absolute atomic E-state index is 11.7. The van der Waals surface area contributed by atoms with E-state index in [-0.39, 0.29) is 0 Å². The molecule has 0 radical (unpaired) electrons. The van der Waals surface area contributed by atoms with Gasteiger partial charge in [0.25, 0.3) is 5.91 Å². The summed E-state index contributed by atoms with van der Waals surface area (Å²) in [7, 11) is 0. The summed E-state index contributed by atoms with van der Waals surface area (Å²) in [5, 5.41) is 2.99. The van der Waals surface area contributed by atoms with Gasteiger partial charge in [-0.1, -0.05) is 17.2 Å². The number of aromatic nitrogens is 1. The van der Waals surface area contributed by atoms with Gasteiger partial charge < -0.3 is 10.1 Å². The zero-order valence-corrected chi connectivity index (χ0v) is 11.7. The van der Waals surface area contributed by atoms with Crippen molar-refractivity contribution in [1.82, 2.24) is 4.98 Å². The zero-order valence-electron chi connectivity index (χ0n) is 10.9. The van der Waals surface area contributed by atoms with Gasteiger partial charge in [-0.05, 0) is 32.9 Å². The summed E-state index contributed by atoms with van der Waals surface area (Å²) in [5.41, 5.74) is 0.803. The van der Waals surface area contributed by atoms with Gasteiger partial charge in [-0.3, -0.25) is 4.79 Å². The molecule has 1 heterocycles. The second kappa shape index (κ2) is 6.89. The summed E-state index contributed by atoms with van der Waals surface area (Å²) in [5.74, 6) is -0.656. The number of esters is 1. The highest BCUT2D eigenvalue weighted by Crippen LogP contribution is 2.10. The molecule has 1 aromatic rings. The lowest BCUT2D eigenvalue weighted by Gasteiger charge is -2.12. The Labute approximate surface area is 116 Å². The maximum Gasteiger partial charge on any atom is 0.331 e. The molecule has 1 aromatic heterocycles. The summed E-state index contributed by atoms with van der Waals surface area (Å²) < 4.78 is 4.94. The van der Waals surface area contributed by atoms with E-state index in [1.54, 1.807) is 26.0 Å². The summed E-state index contributed by atoms with van der Waals surface area (Å²) >= 11 is 5.68. The molecule has 0 saturated carbocycles. The highest BCUT2D eigenvalue weighted by molar-refractivity contribution is 6.30. The number of pyridine rings is 1. The highest BCUT2D eigenvalue weighted by atomic mass is 35.5. The number of nitrogens with one attached hydrogen (secondary N) is 1. The Morgan fingerprint density at radius 2 is 2.11 bits per heavy atom. The molecular weight excluding hydrogens is 268 g/mol. The lowest BCUT2D eigenvalue weighted by molar-refractivity contribution is -0.148. The predicted octanol–water partition coefficient (Wildman–Crippen LogP) is 2.57. The largest absolute Gasteiger partial charge is 0.449 e. The first-order valence-electron chi connectivity index (χ1n) is 5.66. The van der Waals surface area contributed by atoms with E-state index in [0.29, 0.717) is 10.8 Å². The number of allylic oxidation sites excluding steroid dienone is 1. The quantitative estimate of drug-likeness (QED) is 0.681. The van der Waals surface area contributed by atoms with Gasteiger partial charge in [0.15, 0.2) is 6.10 Å². The van der Waals surface area contributed by atoms with Crippen molar-refractivity contribution in [2.45, 2.75) is 26.9 Å². The molecule has 0 aliphatic carbocycles. The normalized spacial score (nSPS) is 11.4. The third kappa shape index (κ3) is 5.52. The fraction of sp³-hybridized carbons (Fsp3) is 0.308. The van der Waals surface area contributed by atoms with E-state index in [9.17, 15) is 9.59 Å². The van der Waals surface area contributed by atoms with E-state index < -0.39 is 18.0 Å². The van der Waals surface area contributed by atoms with Crippen LogP contribution >= 0.6 is 11.6 Å². The topological polar surface area (TPSA) is 68.3 Å². The molecule has 0 fully saturated rings. The number of hydrogen-bond acceptors (Lipinski definition) is 4. The average Bonchev–Trinajstić information content (AvgIpc) is 2.30. The molecule has 0 aliphatic rings.